The molecule has 2 aliphatic rings. The lowest BCUT2D eigenvalue weighted by molar-refractivity contribution is -0.138. The van der Waals surface area contributed by atoms with E-state index in [2.05, 4.69) is 15.5 Å². The van der Waals surface area contributed by atoms with E-state index in [1.807, 2.05) is 24.3 Å². The van der Waals surface area contributed by atoms with E-state index >= 15 is 0 Å². The molecule has 2 aliphatic carbocycles. The number of carbonyl (C=O) groups is 2. The zero-order valence-electron chi connectivity index (χ0n) is 17.9. The summed E-state index contributed by atoms with van der Waals surface area (Å²) in [4.78, 5) is 23.5. The quantitative estimate of drug-likeness (QED) is 0.567. The number of aromatic nitrogens is 2. The molecule has 0 bridgehead atoms. The van der Waals surface area contributed by atoms with Gasteiger partial charge in [0.15, 0.2) is 0 Å². The summed E-state index contributed by atoms with van der Waals surface area (Å²) >= 11 is 1.20. The fourth-order valence-electron chi connectivity index (χ4n) is 4.64. The van der Waals surface area contributed by atoms with Gasteiger partial charge in [-0.1, -0.05) is 17.2 Å². The van der Waals surface area contributed by atoms with Crippen LogP contribution in [0.5, 0.6) is 5.19 Å². The minimum atomic E-state index is -0.716. The number of carbonyl (C=O) groups excluding carboxylic acids is 1. The summed E-state index contributed by atoms with van der Waals surface area (Å²) in [6.07, 6.45) is 6.91. The summed E-state index contributed by atoms with van der Waals surface area (Å²) in [6.45, 7) is 0. The van der Waals surface area contributed by atoms with Crippen LogP contribution in [0.2, 0.25) is 0 Å². The molecule has 32 heavy (non-hydrogen) atoms. The average Bonchev–Trinajstić information content (AvgIpc) is 3.22. The Hall–Kier alpha value is -2.52. The van der Waals surface area contributed by atoms with Crippen molar-refractivity contribution in [1.82, 2.24) is 10.2 Å². The van der Waals surface area contributed by atoms with Crippen LogP contribution in [0, 0.1) is 5.92 Å². The van der Waals surface area contributed by atoms with E-state index in [-0.39, 0.29) is 30.5 Å². The maximum atomic E-state index is 12.6. The van der Waals surface area contributed by atoms with Gasteiger partial charge in [0.1, 0.15) is 6.10 Å². The third kappa shape index (κ3) is 6.04. The molecule has 0 atom stereocenters. The zero-order valence-corrected chi connectivity index (χ0v) is 18.7. The minimum absolute atomic E-state index is 0.0293. The third-order valence-electron chi connectivity index (χ3n) is 6.49. The summed E-state index contributed by atoms with van der Waals surface area (Å²) < 4.78 is 5.83. The average molecular weight is 460 g/mol. The summed E-state index contributed by atoms with van der Waals surface area (Å²) in [7, 11) is 0. The molecule has 9 heteroatoms. The summed E-state index contributed by atoms with van der Waals surface area (Å²) in [5.74, 6) is -0.267. The molecule has 1 aromatic heterocycles. The molecule has 2 fully saturated rings. The van der Waals surface area contributed by atoms with E-state index in [0.717, 1.165) is 51.4 Å². The monoisotopic (exact) mass is 459 g/mol. The Morgan fingerprint density at radius 3 is 2.34 bits per heavy atom. The Labute approximate surface area is 191 Å². The maximum Gasteiger partial charge on any atom is 0.303 e. The Balaban J connectivity index is 1.27. The SMILES string of the molecule is O=C(O)CC1CCC(c2ccc(C(=O)Nc3nnc(OC4CCC(O)CC4)s3)cc2)CC1. The van der Waals surface area contributed by atoms with Crippen LogP contribution in [0.25, 0.3) is 0 Å². The van der Waals surface area contributed by atoms with Crippen LogP contribution in [0.15, 0.2) is 24.3 Å². The Bertz CT molecular complexity index is 916. The Morgan fingerprint density at radius 2 is 1.69 bits per heavy atom. The maximum absolute atomic E-state index is 12.6. The van der Waals surface area contributed by atoms with Gasteiger partial charge in [0.2, 0.25) is 5.13 Å². The van der Waals surface area contributed by atoms with Gasteiger partial charge >= 0.3 is 5.97 Å². The van der Waals surface area contributed by atoms with E-state index in [1.165, 1.54) is 16.9 Å². The van der Waals surface area contributed by atoms with Crippen molar-refractivity contribution in [2.75, 3.05) is 5.32 Å². The van der Waals surface area contributed by atoms with Crippen molar-refractivity contribution in [2.24, 2.45) is 5.92 Å². The number of nitrogens with one attached hydrogen (secondary N) is 1. The molecule has 0 radical (unpaired) electrons. The third-order valence-corrected chi connectivity index (χ3v) is 7.22. The van der Waals surface area contributed by atoms with Crippen LogP contribution in [0.3, 0.4) is 0 Å². The molecule has 8 nitrogen and oxygen atoms in total. The highest BCUT2D eigenvalue weighted by molar-refractivity contribution is 7.17. The van der Waals surface area contributed by atoms with Crippen molar-refractivity contribution < 1.29 is 24.5 Å². The molecule has 2 aromatic rings. The topological polar surface area (TPSA) is 122 Å². The van der Waals surface area contributed by atoms with Crippen LogP contribution in [-0.2, 0) is 4.79 Å². The minimum Gasteiger partial charge on any atom is -0.481 e. The number of carboxylic acid groups (broad SMARTS) is 1. The number of ether oxygens (including phenoxy) is 1. The van der Waals surface area contributed by atoms with Crippen LogP contribution in [0.1, 0.15) is 79.6 Å². The number of aliphatic carboxylic acids is 1. The first-order valence-electron chi connectivity index (χ1n) is 11.3. The molecule has 172 valence electrons. The number of aliphatic hydroxyl groups excluding tert-OH is 1. The molecule has 0 unspecified atom stereocenters. The van der Waals surface area contributed by atoms with Crippen LogP contribution >= 0.6 is 11.3 Å². The first-order valence-corrected chi connectivity index (χ1v) is 12.1. The predicted octanol–water partition coefficient (Wildman–Crippen LogP) is 4.22. The lowest BCUT2D eigenvalue weighted by Crippen LogP contribution is -2.26. The number of anilines is 1. The van der Waals surface area contributed by atoms with Gasteiger partial charge in [-0.15, -0.1) is 5.10 Å². The van der Waals surface area contributed by atoms with Crippen molar-refractivity contribution in [3.05, 3.63) is 35.4 Å². The highest BCUT2D eigenvalue weighted by Gasteiger charge is 2.25. The van der Waals surface area contributed by atoms with Gasteiger partial charge in [-0.3, -0.25) is 14.9 Å². The van der Waals surface area contributed by atoms with Crippen molar-refractivity contribution in [3.63, 3.8) is 0 Å². The number of benzene rings is 1. The molecule has 4 rings (SSSR count). The van der Waals surface area contributed by atoms with Gasteiger partial charge < -0.3 is 14.9 Å². The number of amides is 1. The number of aliphatic hydroxyl groups is 1. The molecule has 1 aromatic carbocycles. The first kappa shape index (κ1) is 22.7. The smallest absolute Gasteiger partial charge is 0.303 e. The molecular formula is C23H29N3O5S. The van der Waals surface area contributed by atoms with Gasteiger partial charge in [-0.2, -0.15) is 0 Å². The summed E-state index contributed by atoms with van der Waals surface area (Å²) in [5, 5.41) is 30.1. The van der Waals surface area contributed by atoms with Gasteiger partial charge in [-0.25, -0.2) is 0 Å². The van der Waals surface area contributed by atoms with Gasteiger partial charge in [0, 0.05) is 12.0 Å². The second-order valence-corrected chi connectivity index (χ2v) is 9.75. The number of carboxylic acids is 1. The second kappa shape index (κ2) is 10.4. The van der Waals surface area contributed by atoms with Crippen LogP contribution < -0.4 is 10.1 Å². The molecular weight excluding hydrogens is 430 g/mol. The number of nitrogens with zero attached hydrogens (tertiary/aromatic N) is 2. The summed E-state index contributed by atoms with van der Waals surface area (Å²) in [6, 6.07) is 7.62. The fourth-order valence-corrected chi connectivity index (χ4v) is 5.29. The van der Waals surface area contributed by atoms with Crippen molar-refractivity contribution in [2.45, 2.75) is 75.9 Å². The predicted molar refractivity (Wildman–Crippen MR) is 120 cm³/mol. The number of hydrogen-bond donors (Lipinski definition) is 3. The lowest BCUT2D eigenvalue weighted by atomic mass is 9.77. The van der Waals surface area contributed by atoms with Crippen molar-refractivity contribution in [1.29, 1.82) is 0 Å². The fraction of sp³-hybridized carbons (Fsp3) is 0.565. The largest absolute Gasteiger partial charge is 0.481 e. The van der Waals surface area contributed by atoms with Crippen molar-refractivity contribution in [3.8, 4) is 5.19 Å². The van der Waals surface area contributed by atoms with Crippen LogP contribution in [0.4, 0.5) is 5.13 Å². The first-order chi connectivity index (χ1) is 15.5. The molecule has 1 heterocycles. The number of hydrogen-bond acceptors (Lipinski definition) is 7. The highest BCUT2D eigenvalue weighted by Crippen LogP contribution is 2.37. The van der Waals surface area contributed by atoms with Gasteiger partial charge in [0.05, 0.1) is 6.10 Å². The van der Waals surface area contributed by atoms with E-state index in [0.29, 0.717) is 21.8 Å². The molecule has 2 saturated carbocycles. The van der Waals surface area contributed by atoms with Crippen LogP contribution in [-0.4, -0.2) is 44.5 Å². The normalized spacial score (nSPS) is 25.8. The Kier molecular flexibility index (Phi) is 7.36. The standard InChI is InChI=1S/C23H29N3O5S/c27-18-9-11-19(12-10-18)31-23-26-25-22(32-23)24-21(30)17-7-5-16(6-8-17)15-3-1-14(2-4-15)13-20(28)29/h5-8,14-15,18-19,27H,1-4,9-13H2,(H,28,29)(H,24,25,30). The molecule has 0 saturated heterocycles. The molecule has 3 N–H and O–H groups in total. The van der Waals surface area contributed by atoms with E-state index in [9.17, 15) is 14.7 Å². The van der Waals surface area contributed by atoms with Gasteiger partial charge in [0.25, 0.3) is 11.1 Å². The highest BCUT2D eigenvalue weighted by atomic mass is 32.1. The molecule has 0 spiro atoms. The van der Waals surface area contributed by atoms with Gasteiger partial charge in [-0.05, 0) is 92.2 Å². The summed E-state index contributed by atoms with van der Waals surface area (Å²) in [5.41, 5.74) is 1.74. The molecule has 0 aliphatic heterocycles. The van der Waals surface area contributed by atoms with E-state index in [4.69, 9.17) is 9.84 Å². The van der Waals surface area contributed by atoms with E-state index in [1.54, 1.807) is 0 Å². The van der Waals surface area contributed by atoms with E-state index < -0.39 is 5.97 Å². The van der Waals surface area contributed by atoms with Crippen molar-refractivity contribution >= 4 is 28.3 Å². The zero-order chi connectivity index (χ0) is 22.5. The number of rotatable bonds is 7. The lowest BCUT2D eigenvalue weighted by Gasteiger charge is -2.28. The Morgan fingerprint density at radius 1 is 1.00 bits per heavy atom. The molecule has 1 amide bonds. The second-order valence-electron chi connectivity index (χ2n) is 8.81.